The van der Waals surface area contributed by atoms with Gasteiger partial charge in [-0.05, 0) is 17.9 Å². The van der Waals surface area contributed by atoms with Crippen LogP contribution in [0.15, 0.2) is 0 Å². The Bertz CT molecular complexity index is 501. The first-order valence-corrected chi connectivity index (χ1v) is 6.87. The van der Waals surface area contributed by atoms with Gasteiger partial charge in [0, 0.05) is 7.05 Å². The Morgan fingerprint density at radius 3 is 2.37 bits per heavy atom. The molecule has 0 saturated carbocycles. The standard InChI is InChI=1S/C13H20N2O3S/c1-6-18-12(17)9-8(13(2,3)4)7(10(14)19-9)11(16)15-5/h6,14H2,1-5H3,(H,15,16). The number of nitrogens with two attached hydrogens (primary N) is 1. The van der Waals surface area contributed by atoms with Crippen LogP contribution in [-0.2, 0) is 10.2 Å². The number of amides is 1. The van der Waals surface area contributed by atoms with Crippen molar-refractivity contribution in [3.8, 4) is 0 Å². The lowest BCUT2D eigenvalue weighted by Crippen LogP contribution is -2.25. The van der Waals surface area contributed by atoms with E-state index in [-0.39, 0.29) is 17.9 Å². The number of hydrogen-bond donors (Lipinski definition) is 2. The Kier molecular flexibility index (Phi) is 4.57. The highest BCUT2D eigenvalue weighted by Gasteiger charge is 2.33. The van der Waals surface area contributed by atoms with E-state index < -0.39 is 5.97 Å². The van der Waals surface area contributed by atoms with Gasteiger partial charge in [0.15, 0.2) is 0 Å². The molecule has 0 radical (unpaired) electrons. The van der Waals surface area contributed by atoms with Gasteiger partial charge in [0.2, 0.25) is 0 Å². The maximum Gasteiger partial charge on any atom is 0.348 e. The van der Waals surface area contributed by atoms with Gasteiger partial charge in [0.25, 0.3) is 5.91 Å². The summed E-state index contributed by atoms with van der Waals surface area (Å²) in [6, 6.07) is 0. The lowest BCUT2D eigenvalue weighted by molar-refractivity contribution is 0.0529. The van der Waals surface area contributed by atoms with E-state index >= 15 is 0 Å². The van der Waals surface area contributed by atoms with Crippen molar-refractivity contribution in [2.24, 2.45) is 0 Å². The third-order valence-electron chi connectivity index (χ3n) is 2.60. The fourth-order valence-electron chi connectivity index (χ4n) is 1.86. The summed E-state index contributed by atoms with van der Waals surface area (Å²) in [6.07, 6.45) is 0. The molecule has 1 heterocycles. The van der Waals surface area contributed by atoms with E-state index in [1.54, 1.807) is 6.92 Å². The third kappa shape index (κ3) is 3.07. The van der Waals surface area contributed by atoms with Crippen molar-refractivity contribution in [2.75, 3.05) is 19.4 Å². The van der Waals surface area contributed by atoms with Crippen LogP contribution in [0.3, 0.4) is 0 Å². The number of carbonyl (C=O) groups is 2. The molecule has 5 nitrogen and oxygen atoms in total. The summed E-state index contributed by atoms with van der Waals surface area (Å²) in [4.78, 5) is 24.4. The van der Waals surface area contributed by atoms with E-state index in [1.165, 1.54) is 7.05 Å². The zero-order chi connectivity index (χ0) is 14.8. The SMILES string of the molecule is CCOC(=O)c1sc(N)c(C(=O)NC)c1C(C)(C)C. The molecule has 0 bridgehead atoms. The van der Waals surface area contributed by atoms with Gasteiger partial charge in [-0.25, -0.2) is 4.79 Å². The van der Waals surface area contributed by atoms with Gasteiger partial charge in [-0.1, -0.05) is 20.8 Å². The molecule has 0 fully saturated rings. The van der Waals surface area contributed by atoms with Crippen LogP contribution in [0.4, 0.5) is 5.00 Å². The van der Waals surface area contributed by atoms with Crippen molar-refractivity contribution in [1.82, 2.24) is 5.32 Å². The highest BCUT2D eigenvalue weighted by molar-refractivity contribution is 7.18. The highest BCUT2D eigenvalue weighted by atomic mass is 32.1. The second-order valence-electron chi connectivity index (χ2n) is 5.10. The Hall–Kier alpha value is -1.56. The van der Waals surface area contributed by atoms with Crippen molar-refractivity contribution in [1.29, 1.82) is 0 Å². The van der Waals surface area contributed by atoms with Gasteiger partial charge in [0.1, 0.15) is 4.88 Å². The normalized spacial score (nSPS) is 11.2. The summed E-state index contributed by atoms with van der Waals surface area (Å²) < 4.78 is 5.03. The maximum absolute atomic E-state index is 12.0. The van der Waals surface area contributed by atoms with E-state index in [1.807, 2.05) is 20.8 Å². The van der Waals surface area contributed by atoms with E-state index in [0.717, 1.165) is 11.3 Å². The lowest BCUT2D eigenvalue weighted by Gasteiger charge is -2.21. The van der Waals surface area contributed by atoms with Gasteiger partial charge >= 0.3 is 5.97 Å². The molecule has 0 saturated heterocycles. The minimum Gasteiger partial charge on any atom is -0.462 e. The van der Waals surface area contributed by atoms with Crippen molar-refractivity contribution >= 4 is 28.2 Å². The zero-order valence-corrected chi connectivity index (χ0v) is 12.7. The van der Waals surface area contributed by atoms with Crippen molar-refractivity contribution < 1.29 is 14.3 Å². The molecule has 0 aromatic carbocycles. The first-order chi connectivity index (χ1) is 8.73. The molecular weight excluding hydrogens is 264 g/mol. The summed E-state index contributed by atoms with van der Waals surface area (Å²) in [5.74, 6) is -0.714. The summed E-state index contributed by atoms with van der Waals surface area (Å²) in [5, 5.41) is 2.89. The maximum atomic E-state index is 12.0. The molecule has 0 aliphatic carbocycles. The molecule has 1 amide bonds. The average Bonchev–Trinajstić information content (AvgIpc) is 2.66. The fraction of sp³-hybridized carbons (Fsp3) is 0.538. The number of esters is 1. The smallest absolute Gasteiger partial charge is 0.348 e. The van der Waals surface area contributed by atoms with Crippen LogP contribution in [0.5, 0.6) is 0 Å². The van der Waals surface area contributed by atoms with Gasteiger partial charge in [-0.3, -0.25) is 4.79 Å². The first-order valence-electron chi connectivity index (χ1n) is 6.06. The number of nitrogens with one attached hydrogen (secondary N) is 1. The monoisotopic (exact) mass is 284 g/mol. The molecule has 1 rings (SSSR count). The first kappa shape index (κ1) is 15.5. The second-order valence-corrected chi connectivity index (χ2v) is 6.15. The minimum absolute atomic E-state index is 0.283. The number of nitrogen functional groups attached to an aromatic ring is 1. The number of rotatable bonds is 3. The van der Waals surface area contributed by atoms with Crippen molar-refractivity contribution in [3.05, 3.63) is 16.0 Å². The average molecular weight is 284 g/mol. The van der Waals surface area contributed by atoms with Crippen LogP contribution in [0, 0.1) is 0 Å². The zero-order valence-electron chi connectivity index (χ0n) is 11.9. The molecule has 0 atom stereocenters. The summed E-state index contributed by atoms with van der Waals surface area (Å²) in [7, 11) is 1.54. The predicted molar refractivity (Wildman–Crippen MR) is 76.8 cm³/mol. The lowest BCUT2D eigenvalue weighted by atomic mass is 9.84. The molecule has 1 aromatic heterocycles. The fourth-order valence-corrected chi connectivity index (χ4v) is 3.02. The Morgan fingerprint density at radius 1 is 1.37 bits per heavy atom. The molecule has 0 spiro atoms. The molecule has 0 aliphatic heterocycles. The molecule has 6 heteroatoms. The van der Waals surface area contributed by atoms with Crippen LogP contribution in [0.1, 0.15) is 53.3 Å². The van der Waals surface area contributed by atoms with E-state index in [9.17, 15) is 9.59 Å². The summed E-state index contributed by atoms with van der Waals surface area (Å²) in [6.45, 7) is 7.83. The number of carbonyl (C=O) groups excluding carboxylic acids is 2. The topological polar surface area (TPSA) is 81.4 Å². The van der Waals surface area contributed by atoms with Crippen LogP contribution >= 0.6 is 11.3 Å². The van der Waals surface area contributed by atoms with Gasteiger partial charge < -0.3 is 15.8 Å². The number of thiophene rings is 1. The van der Waals surface area contributed by atoms with E-state index in [4.69, 9.17) is 10.5 Å². The summed E-state index contributed by atoms with van der Waals surface area (Å²) in [5.41, 5.74) is 6.55. The number of anilines is 1. The molecule has 1 aromatic rings. The molecule has 3 N–H and O–H groups in total. The van der Waals surface area contributed by atoms with E-state index in [2.05, 4.69) is 5.32 Å². The van der Waals surface area contributed by atoms with Crippen molar-refractivity contribution in [2.45, 2.75) is 33.1 Å². The quantitative estimate of drug-likeness (QED) is 0.833. The number of ether oxygens (including phenoxy) is 1. The molecular formula is C13H20N2O3S. The second kappa shape index (κ2) is 5.61. The van der Waals surface area contributed by atoms with Crippen LogP contribution in [-0.4, -0.2) is 25.5 Å². The number of hydrogen-bond acceptors (Lipinski definition) is 5. The Balaban J connectivity index is 3.50. The van der Waals surface area contributed by atoms with Crippen LogP contribution < -0.4 is 11.1 Å². The summed E-state index contributed by atoms with van der Waals surface area (Å²) >= 11 is 1.10. The molecule has 106 valence electrons. The largest absolute Gasteiger partial charge is 0.462 e. The van der Waals surface area contributed by atoms with Crippen molar-refractivity contribution in [3.63, 3.8) is 0 Å². The molecule has 0 unspecified atom stereocenters. The molecule has 19 heavy (non-hydrogen) atoms. The predicted octanol–water partition coefficient (Wildman–Crippen LogP) is 2.16. The third-order valence-corrected chi connectivity index (χ3v) is 3.60. The van der Waals surface area contributed by atoms with E-state index in [0.29, 0.717) is 21.0 Å². The Morgan fingerprint density at radius 2 is 1.95 bits per heavy atom. The van der Waals surface area contributed by atoms with Gasteiger partial charge in [-0.15, -0.1) is 11.3 Å². The molecule has 0 aliphatic rings. The van der Waals surface area contributed by atoms with Gasteiger partial charge in [0.05, 0.1) is 17.2 Å². The van der Waals surface area contributed by atoms with Crippen LogP contribution in [0.2, 0.25) is 0 Å². The van der Waals surface area contributed by atoms with Gasteiger partial charge in [-0.2, -0.15) is 0 Å². The Labute approximate surface area is 117 Å². The highest BCUT2D eigenvalue weighted by Crippen LogP contribution is 2.39. The van der Waals surface area contributed by atoms with Crippen LogP contribution in [0.25, 0.3) is 0 Å². The minimum atomic E-state index is -0.431.